The molecule has 5 aromatic rings. The van der Waals surface area contributed by atoms with Gasteiger partial charge in [-0.1, -0.05) is 30.3 Å². The van der Waals surface area contributed by atoms with Gasteiger partial charge in [0.05, 0.1) is 46.9 Å². The Balaban J connectivity index is 1.18. The quantitative estimate of drug-likeness (QED) is 0.151. The summed E-state index contributed by atoms with van der Waals surface area (Å²) < 4.78 is 13.9. The first-order chi connectivity index (χ1) is 24.7. The standard InChI is InChI=1S/C39H45N7O4S/c1-26-19-27(22-49-23-28-24-51-25-40-28)12-13-29(26)37(47)42-39(14-15-39)31-20-33(41-32-10-6-5-9-30(31)32)35-21-34(38(48)45(4)17-16-44(2)3)43-46(35)36-11-7-8-18-50-36/h5-6,9-10,12-13,19-21,24-25,36H,7-8,11,14-18,22-23H2,1-4H3,(H,42,47). The van der Waals surface area contributed by atoms with Crippen molar-refractivity contribution in [2.75, 3.05) is 40.8 Å². The van der Waals surface area contributed by atoms with Crippen molar-refractivity contribution in [3.63, 3.8) is 0 Å². The van der Waals surface area contributed by atoms with Crippen LogP contribution in [0.1, 0.15) is 81.6 Å². The maximum absolute atomic E-state index is 13.9. The average Bonchev–Trinajstić information content (AvgIpc) is 3.49. The third-order valence-electron chi connectivity index (χ3n) is 9.75. The van der Waals surface area contributed by atoms with Crippen molar-refractivity contribution < 1.29 is 19.1 Å². The highest BCUT2D eigenvalue weighted by Crippen LogP contribution is 2.49. The minimum Gasteiger partial charge on any atom is -0.370 e. The predicted octanol–water partition coefficient (Wildman–Crippen LogP) is 6.33. The summed E-state index contributed by atoms with van der Waals surface area (Å²) in [7, 11) is 5.79. The molecule has 0 bridgehead atoms. The van der Waals surface area contributed by atoms with Crippen LogP contribution in [-0.4, -0.2) is 82.2 Å². The molecule has 51 heavy (non-hydrogen) atoms. The number of rotatable bonds is 13. The number of aromatic nitrogens is 4. The first kappa shape index (κ1) is 34.9. The monoisotopic (exact) mass is 707 g/mol. The number of benzene rings is 2. The summed E-state index contributed by atoms with van der Waals surface area (Å²) in [5.41, 5.74) is 8.30. The van der Waals surface area contributed by atoms with E-state index in [2.05, 4.69) is 27.3 Å². The first-order valence-corrected chi connectivity index (χ1v) is 18.5. The highest BCUT2D eigenvalue weighted by atomic mass is 32.1. The number of nitrogens with zero attached hydrogens (tertiary/aromatic N) is 6. The highest BCUT2D eigenvalue weighted by molar-refractivity contribution is 7.07. The van der Waals surface area contributed by atoms with Gasteiger partial charge in [-0.3, -0.25) is 9.59 Å². The van der Waals surface area contributed by atoms with Crippen molar-refractivity contribution in [3.05, 3.63) is 99.1 Å². The van der Waals surface area contributed by atoms with E-state index in [1.165, 1.54) is 0 Å². The normalized spacial score (nSPS) is 16.8. The number of amides is 2. The van der Waals surface area contributed by atoms with Crippen molar-refractivity contribution in [1.82, 2.24) is 34.9 Å². The van der Waals surface area contributed by atoms with Crippen molar-refractivity contribution in [2.24, 2.45) is 0 Å². The number of fused-ring (bicyclic) bond motifs is 1. The molecular formula is C39H45N7O4S. The third-order valence-corrected chi connectivity index (χ3v) is 10.4. The number of carbonyl (C=O) groups is 2. The van der Waals surface area contributed by atoms with Crippen LogP contribution in [0.4, 0.5) is 0 Å². The van der Waals surface area contributed by atoms with E-state index in [-0.39, 0.29) is 18.0 Å². The first-order valence-electron chi connectivity index (χ1n) is 17.6. The number of pyridine rings is 1. The number of ether oxygens (including phenoxy) is 2. The molecule has 2 aromatic carbocycles. The van der Waals surface area contributed by atoms with Crippen molar-refractivity contribution in [3.8, 4) is 11.4 Å². The summed E-state index contributed by atoms with van der Waals surface area (Å²) in [6.45, 7) is 4.83. The third kappa shape index (κ3) is 7.74. The van der Waals surface area contributed by atoms with Gasteiger partial charge in [0, 0.05) is 43.1 Å². The van der Waals surface area contributed by atoms with Gasteiger partial charge in [0.15, 0.2) is 11.9 Å². The summed E-state index contributed by atoms with van der Waals surface area (Å²) in [6, 6.07) is 17.8. The van der Waals surface area contributed by atoms with E-state index in [1.54, 1.807) is 28.8 Å². The fraction of sp³-hybridized carbons (Fsp3) is 0.410. The van der Waals surface area contributed by atoms with E-state index in [9.17, 15) is 9.59 Å². The fourth-order valence-corrected chi connectivity index (χ4v) is 7.24. The number of nitrogens with one attached hydrogen (secondary N) is 1. The summed E-state index contributed by atoms with van der Waals surface area (Å²) in [4.78, 5) is 40.7. The van der Waals surface area contributed by atoms with Gasteiger partial charge < -0.3 is 24.6 Å². The average molecular weight is 708 g/mol. The van der Waals surface area contributed by atoms with Crippen molar-refractivity contribution in [2.45, 2.75) is 64.0 Å². The summed E-state index contributed by atoms with van der Waals surface area (Å²) in [6.07, 6.45) is 4.13. The number of aryl methyl sites for hydroxylation is 1. The van der Waals surface area contributed by atoms with Crippen LogP contribution < -0.4 is 5.32 Å². The van der Waals surface area contributed by atoms with Crippen LogP contribution >= 0.6 is 11.3 Å². The van der Waals surface area contributed by atoms with Gasteiger partial charge in [-0.2, -0.15) is 5.10 Å². The van der Waals surface area contributed by atoms with Crippen LogP contribution in [0.15, 0.2) is 65.5 Å². The van der Waals surface area contributed by atoms with Gasteiger partial charge in [0.2, 0.25) is 0 Å². The zero-order valence-electron chi connectivity index (χ0n) is 29.7. The molecule has 4 heterocycles. The van der Waals surface area contributed by atoms with Gasteiger partial charge in [-0.25, -0.2) is 14.6 Å². The molecule has 12 heteroatoms. The Morgan fingerprint density at radius 2 is 1.90 bits per heavy atom. The Bertz CT molecular complexity index is 2020. The number of thiazole rings is 1. The summed E-state index contributed by atoms with van der Waals surface area (Å²) in [5.74, 6) is -0.260. The lowest BCUT2D eigenvalue weighted by Gasteiger charge is -2.25. The Hall–Kier alpha value is -4.49. The van der Waals surface area contributed by atoms with Crippen LogP contribution in [0, 0.1) is 6.92 Å². The maximum atomic E-state index is 13.9. The van der Waals surface area contributed by atoms with E-state index in [1.807, 2.05) is 73.5 Å². The molecular weight excluding hydrogens is 663 g/mol. The highest BCUT2D eigenvalue weighted by Gasteiger charge is 2.47. The largest absolute Gasteiger partial charge is 0.370 e. The number of likely N-dealkylation sites (N-methyl/N-ethyl adjacent to an activating group) is 2. The predicted molar refractivity (Wildman–Crippen MR) is 197 cm³/mol. The Morgan fingerprint density at radius 3 is 2.63 bits per heavy atom. The molecule has 2 fully saturated rings. The van der Waals surface area contributed by atoms with E-state index < -0.39 is 5.54 Å². The number of hydrogen-bond acceptors (Lipinski definition) is 9. The summed E-state index contributed by atoms with van der Waals surface area (Å²) >= 11 is 1.55. The Kier molecular flexibility index (Phi) is 10.3. The molecule has 0 radical (unpaired) electrons. The number of carbonyl (C=O) groups excluding carboxylic acids is 2. The zero-order valence-corrected chi connectivity index (χ0v) is 30.5. The van der Waals surface area contributed by atoms with E-state index in [0.29, 0.717) is 43.3 Å². The zero-order chi connectivity index (χ0) is 35.5. The molecule has 1 aliphatic carbocycles. The van der Waals surface area contributed by atoms with E-state index in [0.717, 1.165) is 77.6 Å². The molecule has 1 N–H and O–H groups in total. The molecule has 1 aliphatic heterocycles. The van der Waals surface area contributed by atoms with E-state index >= 15 is 0 Å². The van der Waals surface area contributed by atoms with Crippen LogP contribution in [-0.2, 0) is 28.2 Å². The lowest BCUT2D eigenvalue weighted by molar-refractivity contribution is -0.0385. The Morgan fingerprint density at radius 1 is 1.06 bits per heavy atom. The molecule has 1 saturated heterocycles. The second-order valence-electron chi connectivity index (χ2n) is 13.9. The second-order valence-corrected chi connectivity index (χ2v) is 14.7. The second kappa shape index (κ2) is 15.0. The van der Waals surface area contributed by atoms with Crippen LogP contribution in [0.5, 0.6) is 0 Å². The molecule has 11 nitrogen and oxygen atoms in total. The van der Waals surface area contributed by atoms with Gasteiger partial charge in [0.25, 0.3) is 11.8 Å². The van der Waals surface area contributed by atoms with Crippen molar-refractivity contribution >= 4 is 34.1 Å². The Labute approximate surface area is 302 Å². The van der Waals surface area contributed by atoms with Crippen molar-refractivity contribution in [1.29, 1.82) is 0 Å². The molecule has 0 spiro atoms. The molecule has 2 amide bonds. The van der Waals surface area contributed by atoms with Crippen LogP contribution in [0.3, 0.4) is 0 Å². The van der Waals surface area contributed by atoms with E-state index in [4.69, 9.17) is 19.6 Å². The molecule has 266 valence electrons. The maximum Gasteiger partial charge on any atom is 0.274 e. The molecule has 1 saturated carbocycles. The molecule has 2 aliphatic rings. The SMILES string of the molecule is Cc1cc(COCc2cscn2)ccc1C(=O)NC1(c2cc(-c3cc(C(=O)N(C)CCN(C)C)nn3C3CCCCO3)nc3ccccc23)CC1. The van der Waals surface area contributed by atoms with Gasteiger partial charge in [-0.15, -0.1) is 11.3 Å². The summed E-state index contributed by atoms with van der Waals surface area (Å²) in [5, 5.41) is 11.2. The number of para-hydroxylation sites is 1. The lowest BCUT2D eigenvalue weighted by atomic mass is 9.96. The smallest absolute Gasteiger partial charge is 0.274 e. The molecule has 7 rings (SSSR count). The number of hydrogen-bond donors (Lipinski definition) is 1. The molecule has 1 atom stereocenters. The fourth-order valence-electron chi connectivity index (χ4n) is 6.70. The topological polar surface area (TPSA) is 115 Å². The lowest BCUT2D eigenvalue weighted by Crippen LogP contribution is -2.35. The minimum absolute atomic E-state index is 0.114. The minimum atomic E-state index is -0.548. The van der Waals surface area contributed by atoms with Gasteiger partial charge >= 0.3 is 0 Å². The van der Waals surface area contributed by atoms with Crippen LogP contribution in [0.2, 0.25) is 0 Å². The van der Waals surface area contributed by atoms with Crippen LogP contribution in [0.25, 0.3) is 22.3 Å². The van der Waals surface area contributed by atoms with Gasteiger partial charge in [-0.05, 0) is 94.1 Å². The van der Waals surface area contributed by atoms with Gasteiger partial charge in [0.1, 0.15) is 0 Å². The molecule has 3 aromatic heterocycles. The molecule has 1 unspecified atom stereocenters.